The number of nitro benzene ring substituents is 1. The number of nitrogens with zero attached hydrogens (tertiary/aromatic N) is 4. The summed E-state index contributed by atoms with van der Waals surface area (Å²) in [7, 11) is 0. The average Bonchev–Trinajstić information content (AvgIpc) is 3.43. The molecule has 0 radical (unpaired) electrons. The summed E-state index contributed by atoms with van der Waals surface area (Å²) >= 11 is 3.13. The first-order chi connectivity index (χ1) is 14.7. The quantitative estimate of drug-likeness (QED) is 0.227. The molecule has 0 amide bonds. The lowest BCUT2D eigenvalue weighted by molar-refractivity contribution is -0.385. The molecule has 6 nitrogen and oxygen atoms in total. The van der Waals surface area contributed by atoms with Gasteiger partial charge in [-0.05, 0) is 29.5 Å². The van der Waals surface area contributed by atoms with Gasteiger partial charge in [0.25, 0.3) is 5.69 Å². The van der Waals surface area contributed by atoms with Crippen molar-refractivity contribution in [3.8, 4) is 10.6 Å². The number of aromatic nitrogens is 1. The predicted octanol–water partition coefficient (Wildman–Crippen LogP) is 5.21. The first kappa shape index (κ1) is 19.9. The zero-order valence-electron chi connectivity index (χ0n) is 15.9. The SMILES string of the molecule is O=[N+]([O-])c1ccccc1C=Nn1c(-c2cccs2)csc1=NCCc1ccccc1. The molecule has 0 unspecified atom stereocenters. The highest BCUT2D eigenvalue weighted by atomic mass is 32.1. The molecule has 2 aromatic heterocycles. The lowest BCUT2D eigenvalue weighted by Crippen LogP contribution is -2.13. The van der Waals surface area contributed by atoms with Crippen molar-refractivity contribution in [2.45, 2.75) is 6.42 Å². The van der Waals surface area contributed by atoms with E-state index in [9.17, 15) is 10.1 Å². The van der Waals surface area contributed by atoms with E-state index in [1.165, 1.54) is 29.2 Å². The van der Waals surface area contributed by atoms with E-state index in [1.807, 2.05) is 41.1 Å². The Morgan fingerprint density at radius 1 is 1.00 bits per heavy atom. The van der Waals surface area contributed by atoms with E-state index in [4.69, 9.17) is 4.99 Å². The van der Waals surface area contributed by atoms with Gasteiger partial charge in [-0.2, -0.15) is 5.10 Å². The van der Waals surface area contributed by atoms with E-state index in [1.54, 1.807) is 34.2 Å². The Labute approximate surface area is 181 Å². The zero-order valence-corrected chi connectivity index (χ0v) is 17.6. The van der Waals surface area contributed by atoms with Crippen LogP contribution in [0.1, 0.15) is 11.1 Å². The van der Waals surface area contributed by atoms with Crippen molar-refractivity contribution in [3.05, 3.63) is 104 Å². The summed E-state index contributed by atoms with van der Waals surface area (Å²) in [6, 6.07) is 20.8. The Kier molecular flexibility index (Phi) is 6.26. The van der Waals surface area contributed by atoms with Crippen molar-refractivity contribution < 1.29 is 4.92 Å². The second-order valence-electron chi connectivity index (χ2n) is 6.37. The van der Waals surface area contributed by atoms with Gasteiger partial charge < -0.3 is 0 Å². The lowest BCUT2D eigenvalue weighted by atomic mass is 10.2. The van der Waals surface area contributed by atoms with E-state index in [0.29, 0.717) is 12.1 Å². The molecule has 0 spiro atoms. The van der Waals surface area contributed by atoms with Crippen LogP contribution in [0.4, 0.5) is 5.69 Å². The second kappa shape index (κ2) is 9.43. The molecule has 0 saturated heterocycles. The molecule has 0 bridgehead atoms. The van der Waals surface area contributed by atoms with Crippen molar-refractivity contribution in [2.24, 2.45) is 10.1 Å². The van der Waals surface area contributed by atoms with Gasteiger partial charge in [0.15, 0.2) is 0 Å². The van der Waals surface area contributed by atoms with E-state index < -0.39 is 4.92 Å². The number of benzene rings is 2. The molecule has 0 aliphatic rings. The van der Waals surface area contributed by atoms with Gasteiger partial charge in [-0.15, -0.1) is 22.7 Å². The van der Waals surface area contributed by atoms with E-state index in [-0.39, 0.29) is 5.69 Å². The smallest absolute Gasteiger partial charge is 0.258 e. The van der Waals surface area contributed by atoms with Crippen LogP contribution < -0.4 is 4.80 Å². The maximum absolute atomic E-state index is 11.3. The minimum absolute atomic E-state index is 0.0253. The molecule has 0 N–H and O–H groups in total. The van der Waals surface area contributed by atoms with Crippen molar-refractivity contribution in [2.75, 3.05) is 6.54 Å². The summed E-state index contributed by atoms with van der Waals surface area (Å²) < 4.78 is 1.76. The number of rotatable bonds is 7. The van der Waals surface area contributed by atoms with Crippen LogP contribution in [0.2, 0.25) is 0 Å². The van der Waals surface area contributed by atoms with Gasteiger partial charge in [0.05, 0.1) is 27.3 Å². The van der Waals surface area contributed by atoms with E-state index in [2.05, 4.69) is 17.2 Å². The maximum atomic E-state index is 11.3. The summed E-state index contributed by atoms with van der Waals surface area (Å²) in [5.41, 5.74) is 2.63. The van der Waals surface area contributed by atoms with Gasteiger partial charge in [-0.1, -0.05) is 48.5 Å². The fourth-order valence-corrected chi connectivity index (χ4v) is 4.58. The van der Waals surface area contributed by atoms with Crippen LogP contribution in [0.15, 0.2) is 87.6 Å². The molecule has 0 atom stereocenters. The highest BCUT2D eigenvalue weighted by Crippen LogP contribution is 2.25. The largest absolute Gasteiger partial charge is 0.278 e. The van der Waals surface area contributed by atoms with Crippen molar-refractivity contribution in [1.29, 1.82) is 0 Å². The normalized spacial score (nSPS) is 11.9. The molecule has 4 rings (SSSR count). The number of hydrogen-bond donors (Lipinski definition) is 0. The molecule has 150 valence electrons. The minimum atomic E-state index is -0.398. The first-order valence-corrected chi connectivity index (χ1v) is 11.0. The van der Waals surface area contributed by atoms with Crippen LogP contribution in [0.25, 0.3) is 10.6 Å². The molecule has 0 aliphatic carbocycles. The summed E-state index contributed by atoms with van der Waals surface area (Å²) in [5, 5.41) is 19.9. The van der Waals surface area contributed by atoms with E-state index in [0.717, 1.165) is 21.8 Å². The van der Waals surface area contributed by atoms with Crippen molar-refractivity contribution in [1.82, 2.24) is 4.68 Å². The van der Waals surface area contributed by atoms with Crippen LogP contribution in [0.5, 0.6) is 0 Å². The van der Waals surface area contributed by atoms with Gasteiger partial charge in [0, 0.05) is 18.0 Å². The van der Waals surface area contributed by atoms with Gasteiger partial charge in [0.2, 0.25) is 4.80 Å². The van der Waals surface area contributed by atoms with Gasteiger partial charge in [-0.3, -0.25) is 15.1 Å². The first-order valence-electron chi connectivity index (χ1n) is 9.29. The monoisotopic (exact) mass is 434 g/mol. The summed E-state index contributed by atoms with van der Waals surface area (Å²) in [4.78, 5) is 17.5. The predicted molar refractivity (Wildman–Crippen MR) is 122 cm³/mol. The Balaban J connectivity index is 1.69. The van der Waals surface area contributed by atoms with Gasteiger partial charge in [-0.25, -0.2) is 4.68 Å². The average molecular weight is 435 g/mol. The lowest BCUT2D eigenvalue weighted by Gasteiger charge is -2.02. The van der Waals surface area contributed by atoms with Crippen LogP contribution in [-0.4, -0.2) is 22.4 Å². The summed E-state index contributed by atoms with van der Waals surface area (Å²) in [6.07, 6.45) is 2.36. The molecular formula is C22H18N4O2S2. The number of thiophene rings is 1. The number of thiazole rings is 1. The number of para-hydroxylation sites is 1. The highest BCUT2D eigenvalue weighted by Gasteiger charge is 2.12. The number of hydrogen-bond acceptors (Lipinski definition) is 6. The Morgan fingerprint density at radius 3 is 2.57 bits per heavy atom. The van der Waals surface area contributed by atoms with Crippen LogP contribution in [0.3, 0.4) is 0 Å². The molecule has 0 aliphatic heterocycles. The maximum Gasteiger partial charge on any atom is 0.278 e. The standard InChI is InChI=1S/C22H18N4O2S2/c27-26(28)19-10-5-4-9-18(19)15-24-25-20(21-11-6-14-29-21)16-30-22(25)23-13-12-17-7-2-1-3-8-17/h1-11,14-16H,12-13H2. The molecule has 2 heterocycles. The van der Waals surface area contributed by atoms with Crippen molar-refractivity contribution >= 4 is 34.6 Å². The summed E-state index contributed by atoms with van der Waals surface area (Å²) in [6.45, 7) is 0.634. The molecule has 0 saturated carbocycles. The third-order valence-electron chi connectivity index (χ3n) is 4.40. The van der Waals surface area contributed by atoms with Crippen LogP contribution >= 0.6 is 22.7 Å². The van der Waals surface area contributed by atoms with Crippen LogP contribution in [0, 0.1) is 10.1 Å². The zero-order chi connectivity index (χ0) is 20.8. The molecule has 0 fully saturated rings. The van der Waals surface area contributed by atoms with Crippen LogP contribution in [-0.2, 0) is 6.42 Å². The Bertz CT molecular complexity index is 1230. The number of nitro groups is 1. The molecule has 4 aromatic rings. The fourth-order valence-electron chi connectivity index (χ4n) is 2.92. The molecule has 8 heteroatoms. The third-order valence-corrected chi connectivity index (χ3v) is 6.14. The Hall–Kier alpha value is -3.36. The van der Waals surface area contributed by atoms with Gasteiger partial charge in [0.1, 0.15) is 0 Å². The highest BCUT2D eigenvalue weighted by molar-refractivity contribution is 7.14. The molecule has 2 aromatic carbocycles. The Morgan fingerprint density at radius 2 is 1.80 bits per heavy atom. The van der Waals surface area contributed by atoms with Gasteiger partial charge >= 0.3 is 0 Å². The fraction of sp³-hybridized carbons (Fsp3) is 0.0909. The van der Waals surface area contributed by atoms with E-state index >= 15 is 0 Å². The minimum Gasteiger partial charge on any atom is -0.258 e. The third kappa shape index (κ3) is 4.61. The van der Waals surface area contributed by atoms with Crippen molar-refractivity contribution in [3.63, 3.8) is 0 Å². The molecular weight excluding hydrogens is 416 g/mol. The summed E-state index contributed by atoms with van der Waals surface area (Å²) in [5.74, 6) is 0. The second-order valence-corrected chi connectivity index (χ2v) is 8.15. The molecule has 30 heavy (non-hydrogen) atoms. The topological polar surface area (TPSA) is 72.8 Å².